The number of piperidine rings is 1. The number of esters is 1. The number of thiophene rings is 1. The van der Waals surface area contributed by atoms with Crippen molar-refractivity contribution in [3.63, 3.8) is 0 Å². The van der Waals surface area contributed by atoms with Crippen LogP contribution in [0.25, 0.3) is 10.2 Å². The second kappa shape index (κ2) is 8.94. The lowest BCUT2D eigenvalue weighted by molar-refractivity contribution is -0.149. The molecule has 0 radical (unpaired) electrons. The number of aryl methyl sites for hydroxylation is 1. The minimum absolute atomic E-state index is 0.0213. The molecule has 0 spiro atoms. The van der Waals surface area contributed by atoms with Gasteiger partial charge >= 0.3 is 5.97 Å². The first-order valence-corrected chi connectivity index (χ1v) is 11.9. The van der Waals surface area contributed by atoms with Crippen LogP contribution in [0.1, 0.15) is 41.4 Å². The lowest BCUT2D eigenvalue weighted by atomic mass is 9.98. The van der Waals surface area contributed by atoms with Gasteiger partial charge in [-0.3, -0.25) is 9.59 Å². The van der Waals surface area contributed by atoms with Crippen LogP contribution in [0.2, 0.25) is 0 Å². The summed E-state index contributed by atoms with van der Waals surface area (Å²) in [7, 11) is 0. The van der Waals surface area contributed by atoms with Crippen molar-refractivity contribution in [2.24, 2.45) is 5.92 Å². The third-order valence-electron chi connectivity index (χ3n) is 5.55. The van der Waals surface area contributed by atoms with Gasteiger partial charge in [-0.2, -0.15) is 0 Å². The zero-order valence-corrected chi connectivity index (χ0v) is 19.6. The normalized spacial score (nSPS) is 16.8. The third kappa shape index (κ3) is 4.18. The number of carbonyl (C=O) groups is 2. The smallest absolute Gasteiger partial charge is 0.310 e. The van der Waals surface area contributed by atoms with Gasteiger partial charge in [0.1, 0.15) is 5.69 Å². The number of halogens is 1. The van der Waals surface area contributed by atoms with Gasteiger partial charge in [-0.05, 0) is 54.2 Å². The number of benzene rings is 1. The fourth-order valence-electron chi connectivity index (χ4n) is 4.14. The van der Waals surface area contributed by atoms with Crippen LogP contribution in [0.3, 0.4) is 0 Å². The zero-order chi connectivity index (χ0) is 21.3. The van der Waals surface area contributed by atoms with E-state index in [1.807, 2.05) is 24.0 Å². The topological polar surface area (TPSA) is 51.5 Å². The van der Waals surface area contributed by atoms with Gasteiger partial charge in [0.05, 0.1) is 27.2 Å². The van der Waals surface area contributed by atoms with Gasteiger partial charge in [-0.1, -0.05) is 29.8 Å². The Morgan fingerprint density at radius 2 is 2.13 bits per heavy atom. The second-order valence-electron chi connectivity index (χ2n) is 7.74. The highest BCUT2D eigenvalue weighted by atomic mass is 79.9. The Kier molecular flexibility index (Phi) is 6.29. The quantitative estimate of drug-likeness (QED) is 0.461. The Labute approximate surface area is 188 Å². The van der Waals surface area contributed by atoms with Crippen LogP contribution >= 0.6 is 27.3 Å². The first-order valence-electron chi connectivity index (χ1n) is 10.3. The summed E-state index contributed by atoms with van der Waals surface area (Å²) in [6, 6.07) is 10.3. The molecule has 1 aromatic carbocycles. The molecule has 0 saturated carbocycles. The van der Waals surface area contributed by atoms with Crippen LogP contribution < -0.4 is 0 Å². The third-order valence-corrected chi connectivity index (χ3v) is 7.37. The summed E-state index contributed by atoms with van der Waals surface area (Å²) >= 11 is 5.28. The fraction of sp³-hybridized carbons (Fsp3) is 0.391. The van der Waals surface area contributed by atoms with Gasteiger partial charge < -0.3 is 14.2 Å². The highest BCUT2D eigenvalue weighted by Gasteiger charge is 2.31. The van der Waals surface area contributed by atoms with Crippen molar-refractivity contribution in [2.45, 2.75) is 33.2 Å². The number of hydrogen-bond donors (Lipinski definition) is 0. The monoisotopic (exact) mass is 488 g/mol. The lowest BCUT2D eigenvalue weighted by Gasteiger charge is -2.31. The van der Waals surface area contributed by atoms with Crippen molar-refractivity contribution in [3.05, 3.63) is 57.0 Å². The Morgan fingerprint density at radius 1 is 1.30 bits per heavy atom. The first-order chi connectivity index (χ1) is 14.5. The molecule has 4 rings (SSSR count). The van der Waals surface area contributed by atoms with Crippen molar-refractivity contribution < 1.29 is 14.3 Å². The molecule has 158 valence electrons. The second-order valence-corrected chi connectivity index (χ2v) is 9.51. The Bertz CT molecular complexity index is 1090. The van der Waals surface area contributed by atoms with E-state index in [1.54, 1.807) is 11.3 Å². The molecular formula is C23H25BrN2O3S. The van der Waals surface area contributed by atoms with Crippen molar-refractivity contribution in [3.8, 4) is 0 Å². The van der Waals surface area contributed by atoms with E-state index in [9.17, 15) is 9.59 Å². The molecular weight excluding hydrogens is 464 g/mol. The molecule has 1 atom stereocenters. The molecule has 3 aromatic rings. The number of ether oxygens (including phenoxy) is 1. The molecule has 5 nitrogen and oxygen atoms in total. The van der Waals surface area contributed by atoms with Gasteiger partial charge in [0.25, 0.3) is 5.91 Å². The van der Waals surface area contributed by atoms with Crippen LogP contribution in [0.15, 0.2) is 40.2 Å². The summed E-state index contributed by atoms with van der Waals surface area (Å²) in [4.78, 5) is 27.6. The summed E-state index contributed by atoms with van der Waals surface area (Å²) < 4.78 is 9.37. The van der Waals surface area contributed by atoms with Crippen LogP contribution in [-0.4, -0.2) is 41.0 Å². The maximum atomic E-state index is 13.5. The maximum absolute atomic E-state index is 13.5. The van der Waals surface area contributed by atoms with Gasteiger partial charge in [-0.15, -0.1) is 11.3 Å². The van der Waals surface area contributed by atoms with Crippen molar-refractivity contribution in [1.29, 1.82) is 0 Å². The first kappa shape index (κ1) is 21.1. The Morgan fingerprint density at radius 3 is 2.90 bits per heavy atom. The average molecular weight is 489 g/mol. The number of carbonyl (C=O) groups excluding carboxylic acids is 2. The van der Waals surface area contributed by atoms with Crippen LogP contribution in [0, 0.1) is 12.8 Å². The Hall–Kier alpha value is -2.12. The van der Waals surface area contributed by atoms with Crippen LogP contribution in [0.4, 0.5) is 0 Å². The zero-order valence-electron chi connectivity index (χ0n) is 17.2. The summed E-state index contributed by atoms with van der Waals surface area (Å²) in [5.41, 5.74) is 4.07. The SMILES string of the molecule is CCOC(=O)[C@H]1CCCN(C(=O)c2cc3scc(Br)c3n2Cc2cccc(C)c2)C1. The number of amides is 1. The lowest BCUT2D eigenvalue weighted by Crippen LogP contribution is -2.43. The summed E-state index contributed by atoms with van der Waals surface area (Å²) in [6.45, 7) is 5.96. The molecule has 1 aliphatic heterocycles. The van der Waals surface area contributed by atoms with E-state index in [-0.39, 0.29) is 17.8 Å². The standard InChI is InChI=1S/C23H25BrN2O3S/c1-3-29-23(28)17-8-5-9-25(13-17)22(27)19-11-20-21(18(24)14-30-20)26(19)12-16-7-4-6-15(2)10-16/h4,6-7,10-11,14,17H,3,5,8-9,12-13H2,1-2H3/t17-/m0/s1. The van der Waals surface area contributed by atoms with E-state index >= 15 is 0 Å². The van der Waals surface area contributed by atoms with E-state index in [4.69, 9.17) is 4.74 Å². The van der Waals surface area contributed by atoms with Gasteiger partial charge in [-0.25, -0.2) is 0 Å². The molecule has 0 unspecified atom stereocenters. The predicted molar refractivity (Wildman–Crippen MR) is 123 cm³/mol. The molecule has 2 aromatic heterocycles. The van der Waals surface area contributed by atoms with Crippen molar-refractivity contribution >= 4 is 49.4 Å². The summed E-state index contributed by atoms with van der Waals surface area (Å²) in [5, 5.41) is 2.06. The number of nitrogens with zero attached hydrogens (tertiary/aromatic N) is 2. The molecule has 0 aliphatic carbocycles. The van der Waals surface area contributed by atoms with Gasteiger partial charge in [0.15, 0.2) is 0 Å². The van der Waals surface area contributed by atoms with E-state index in [2.05, 4.69) is 51.0 Å². The average Bonchev–Trinajstić information content (AvgIpc) is 3.28. The number of aromatic nitrogens is 1. The highest BCUT2D eigenvalue weighted by molar-refractivity contribution is 9.10. The van der Waals surface area contributed by atoms with Crippen LogP contribution in [-0.2, 0) is 16.1 Å². The number of hydrogen-bond acceptors (Lipinski definition) is 4. The van der Waals surface area contributed by atoms with Crippen LogP contribution in [0.5, 0.6) is 0 Å². The largest absolute Gasteiger partial charge is 0.466 e. The molecule has 1 saturated heterocycles. The van der Waals surface area contributed by atoms with Crippen molar-refractivity contribution in [2.75, 3.05) is 19.7 Å². The van der Waals surface area contributed by atoms with Crippen molar-refractivity contribution in [1.82, 2.24) is 9.47 Å². The molecule has 30 heavy (non-hydrogen) atoms. The molecule has 1 amide bonds. The molecule has 7 heteroatoms. The fourth-order valence-corrected chi connectivity index (χ4v) is 5.83. The number of rotatable bonds is 5. The molecule has 1 aliphatic rings. The minimum atomic E-state index is -0.240. The van der Waals surface area contributed by atoms with E-state index in [0.717, 1.165) is 33.1 Å². The highest BCUT2D eigenvalue weighted by Crippen LogP contribution is 2.34. The molecule has 1 fully saturated rings. The molecule has 0 N–H and O–H groups in total. The van der Waals surface area contributed by atoms with E-state index in [1.165, 1.54) is 5.56 Å². The minimum Gasteiger partial charge on any atom is -0.466 e. The van der Waals surface area contributed by atoms with E-state index in [0.29, 0.717) is 31.9 Å². The summed E-state index contributed by atoms with van der Waals surface area (Å²) in [6.07, 6.45) is 1.58. The predicted octanol–water partition coefficient (Wildman–Crippen LogP) is 5.24. The van der Waals surface area contributed by atoms with Gasteiger partial charge in [0, 0.05) is 25.0 Å². The maximum Gasteiger partial charge on any atom is 0.310 e. The number of likely N-dealkylation sites (tertiary alicyclic amines) is 1. The number of fused-ring (bicyclic) bond motifs is 1. The summed E-state index contributed by atoms with van der Waals surface area (Å²) in [5.74, 6) is -0.462. The Balaban J connectivity index is 1.66. The molecule has 3 heterocycles. The van der Waals surface area contributed by atoms with E-state index < -0.39 is 0 Å². The van der Waals surface area contributed by atoms with Gasteiger partial charge in [0.2, 0.25) is 0 Å². The molecule has 0 bridgehead atoms.